The SMILES string of the molecule is CC1(C)c2cc(-c3ccccc3)ccc2-c2ccc(N(c3ccc(-c4ccc(-c5ccc6sc7ccccc7c6c5)cc4)cc3)c3ccc4c5c(cccc35)-c3ccccc3-4)cc21. The van der Waals surface area contributed by atoms with Crippen molar-refractivity contribution >= 4 is 59.3 Å². The van der Waals surface area contributed by atoms with E-state index in [4.69, 9.17) is 0 Å². The third kappa shape index (κ3) is 5.55. The number of thiophene rings is 1. The Kier molecular flexibility index (Phi) is 7.89. The predicted octanol–water partition coefficient (Wildman–Crippen LogP) is 17.6. The first kappa shape index (κ1) is 36.2. The Balaban J connectivity index is 0.907. The molecule has 1 heterocycles. The predicted molar refractivity (Wildman–Crippen MR) is 270 cm³/mol. The maximum absolute atomic E-state index is 2.48. The molecule has 2 aliphatic rings. The van der Waals surface area contributed by atoms with E-state index in [0.717, 1.165) is 11.4 Å². The van der Waals surface area contributed by atoms with Crippen LogP contribution in [0.4, 0.5) is 17.1 Å². The minimum absolute atomic E-state index is 0.180. The minimum Gasteiger partial charge on any atom is -0.310 e. The molecular weight excluding hydrogens is 779 g/mol. The molecule has 296 valence electrons. The van der Waals surface area contributed by atoms with Gasteiger partial charge in [-0.25, -0.2) is 0 Å². The Bertz CT molecular complexity index is 3600. The average Bonchev–Trinajstić information content (AvgIpc) is 3.95. The Morgan fingerprint density at radius 3 is 1.62 bits per heavy atom. The molecule has 0 radical (unpaired) electrons. The third-order valence-corrected chi connectivity index (χ3v) is 15.0. The Hall–Kier alpha value is -7.52. The lowest BCUT2D eigenvalue weighted by molar-refractivity contribution is 0.660. The summed E-state index contributed by atoms with van der Waals surface area (Å²) in [7, 11) is 0. The van der Waals surface area contributed by atoms with Crippen molar-refractivity contribution in [3.8, 4) is 66.8 Å². The molecule has 11 aromatic rings. The average molecular weight is 820 g/mol. The number of benzene rings is 10. The Labute approximate surface area is 371 Å². The van der Waals surface area contributed by atoms with Gasteiger partial charge in [0.1, 0.15) is 0 Å². The van der Waals surface area contributed by atoms with Crippen LogP contribution in [0.1, 0.15) is 25.0 Å². The second kappa shape index (κ2) is 13.7. The molecule has 63 heavy (non-hydrogen) atoms. The first-order valence-corrected chi connectivity index (χ1v) is 22.7. The zero-order valence-corrected chi connectivity index (χ0v) is 35.9. The van der Waals surface area contributed by atoms with Crippen molar-refractivity contribution in [3.05, 3.63) is 223 Å². The van der Waals surface area contributed by atoms with E-state index in [9.17, 15) is 0 Å². The number of hydrogen-bond donors (Lipinski definition) is 0. The van der Waals surface area contributed by atoms with E-state index in [-0.39, 0.29) is 5.41 Å². The van der Waals surface area contributed by atoms with Crippen LogP contribution < -0.4 is 4.90 Å². The lowest BCUT2D eigenvalue weighted by Gasteiger charge is -2.29. The van der Waals surface area contributed by atoms with E-state index >= 15 is 0 Å². The molecule has 0 fully saturated rings. The van der Waals surface area contributed by atoms with Crippen LogP contribution in [0, 0.1) is 0 Å². The lowest BCUT2D eigenvalue weighted by Crippen LogP contribution is -2.17. The quantitative estimate of drug-likeness (QED) is 0.162. The van der Waals surface area contributed by atoms with Crippen LogP contribution in [0.3, 0.4) is 0 Å². The van der Waals surface area contributed by atoms with Gasteiger partial charge in [0.2, 0.25) is 0 Å². The summed E-state index contributed by atoms with van der Waals surface area (Å²) >= 11 is 1.87. The lowest BCUT2D eigenvalue weighted by atomic mass is 9.81. The summed E-state index contributed by atoms with van der Waals surface area (Å²) in [4.78, 5) is 2.48. The Morgan fingerprint density at radius 1 is 0.333 bits per heavy atom. The first-order chi connectivity index (χ1) is 31.0. The number of anilines is 3. The summed E-state index contributed by atoms with van der Waals surface area (Å²) in [6.45, 7) is 4.78. The van der Waals surface area contributed by atoms with Crippen molar-refractivity contribution in [2.45, 2.75) is 19.3 Å². The van der Waals surface area contributed by atoms with Crippen molar-refractivity contribution in [2.24, 2.45) is 0 Å². The molecule has 13 rings (SSSR count). The van der Waals surface area contributed by atoms with Crippen LogP contribution in [0.5, 0.6) is 0 Å². The summed E-state index contributed by atoms with van der Waals surface area (Å²) < 4.78 is 2.67. The van der Waals surface area contributed by atoms with Crippen LogP contribution in [0.25, 0.3) is 97.7 Å². The topological polar surface area (TPSA) is 3.24 Å². The number of fused-ring (bicyclic) bond motifs is 9. The second-order valence-electron chi connectivity index (χ2n) is 17.7. The van der Waals surface area contributed by atoms with Crippen molar-refractivity contribution in [2.75, 3.05) is 4.90 Å². The molecule has 0 unspecified atom stereocenters. The molecule has 2 heteroatoms. The zero-order chi connectivity index (χ0) is 41.8. The first-order valence-electron chi connectivity index (χ1n) is 21.9. The van der Waals surface area contributed by atoms with E-state index in [0.29, 0.717) is 0 Å². The van der Waals surface area contributed by atoms with Gasteiger partial charge in [-0.05, 0) is 138 Å². The van der Waals surface area contributed by atoms with Gasteiger partial charge in [-0.2, -0.15) is 0 Å². The number of hydrogen-bond acceptors (Lipinski definition) is 2. The van der Waals surface area contributed by atoms with Gasteiger partial charge in [-0.15, -0.1) is 11.3 Å². The highest BCUT2D eigenvalue weighted by molar-refractivity contribution is 7.25. The number of nitrogens with zero attached hydrogens (tertiary/aromatic N) is 1. The molecule has 1 aromatic heterocycles. The summed E-state index contributed by atoms with van der Waals surface area (Å²) in [5.41, 5.74) is 21.3. The maximum atomic E-state index is 2.48. The van der Waals surface area contributed by atoms with Gasteiger partial charge in [0, 0.05) is 42.3 Å². The van der Waals surface area contributed by atoms with Crippen molar-refractivity contribution in [1.29, 1.82) is 0 Å². The van der Waals surface area contributed by atoms with E-state index in [1.807, 2.05) is 11.3 Å². The third-order valence-electron chi connectivity index (χ3n) is 13.8. The van der Waals surface area contributed by atoms with Gasteiger partial charge < -0.3 is 4.90 Å². The molecule has 2 aliphatic carbocycles. The summed E-state index contributed by atoms with van der Waals surface area (Å²) in [5, 5.41) is 5.24. The molecule has 0 spiro atoms. The molecule has 1 nitrogen and oxygen atoms in total. The van der Waals surface area contributed by atoms with Crippen LogP contribution in [0.15, 0.2) is 212 Å². The summed E-state index contributed by atoms with van der Waals surface area (Å²) in [6.07, 6.45) is 0. The highest BCUT2D eigenvalue weighted by Gasteiger charge is 2.36. The largest absolute Gasteiger partial charge is 0.310 e. The fourth-order valence-electron chi connectivity index (χ4n) is 10.7. The van der Waals surface area contributed by atoms with E-state index in [1.165, 1.54) is 115 Å². The second-order valence-corrected chi connectivity index (χ2v) is 18.7. The van der Waals surface area contributed by atoms with Gasteiger partial charge in [0.25, 0.3) is 0 Å². The molecule has 0 atom stereocenters. The molecule has 10 aromatic carbocycles. The van der Waals surface area contributed by atoms with Gasteiger partial charge in [0.15, 0.2) is 0 Å². The fraction of sp³-hybridized carbons (Fsp3) is 0.0492. The molecule has 0 saturated carbocycles. The number of rotatable bonds is 6. The van der Waals surface area contributed by atoms with Crippen LogP contribution in [-0.4, -0.2) is 0 Å². The van der Waals surface area contributed by atoms with Crippen molar-refractivity contribution in [1.82, 2.24) is 0 Å². The highest BCUT2D eigenvalue weighted by Crippen LogP contribution is 2.54. The van der Waals surface area contributed by atoms with Crippen molar-refractivity contribution < 1.29 is 0 Å². The Morgan fingerprint density at radius 2 is 0.841 bits per heavy atom. The molecule has 0 aliphatic heterocycles. The minimum atomic E-state index is -0.180. The normalized spacial score (nSPS) is 13.0. The standard InChI is InChI=1S/C61H41NS/c1-61(2)55-36-43(38-11-4-3-5-12-38)25-30-48(55)49-31-29-45(37-56(49)61)62(57-33-32-52-47-14-7-6-13-46(47)51-16-10-17-53(57)60(51)52)44-27-23-40(24-28-44)39-19-21-41(22-20-39)42-26-34-59-54(35-42)50-15-8-9-18-58(50)63-59/h3-37H,1-2H3. The van der Waals surface area contributed by atoms with Gasteiger partial charge in [0.05, 0.1) is 5.69 Å². The highest BCUT2D eigenvalue weighted by atomic mass is 32.1. The summed E-state index contributed by atoms with van der Waals surface area (Å²) in [6, 6.07) is 79.1. The fourth-order valence-corrected chi connectivity index (χ4v) is 11.7. The van der Waals surface area contributed by atoms with Gasteiger partial charge in [-0.3, -0.25) is 0 Å². The molecule has 0 amide bonds. The van der Waals surface area contributed by atoms with E-state index in [2.05, 4.69) is 231 Å². The van der Waals surface area contributed by atoms with Crippen LogP contribution >= 0.6 is 11.3 Å². The maximum Gasteiger partial charge on any atom is 0.0540 e. The monoisotopic (exact) mass is 819 g/mol. The van der Waals surface area contributed by atoms with E-state index < -0.39 is 0 Å². The van der Waals surface area contributed by atoms with Crippen LogP contribution in [-0.2, 0) is 5.41 Å². The van der Waals surface area contributed by atoms with Crippen LogP contribution in [0.2, 0.25) is 0 Å². The summed E-state index contributed by atoms with van der Waals surface area (Å²) in [5.74, 6) is 0. The molecular formula is C61H41NS. The molecule has 0 bridgehead atoms. The molecule has 0 N–H and O–H groups in total. The zero-order valence-electron chi connectivity index (χ0n) is 35.1. The smallest absolute Gasteiger partial charge is 0.0540 e. The van der Waals surface area contributed by atoms with Crippen molar-refractivity contribution in [3.63, 3.8) is 0 Å². The molecule has 0 saturated heterocycles. The van der Waals surface area contributed by atoms with Gasteiger partial charge in [-0.1, -0.05) is 172 Å². The van der Waals surface area contributed by atoms with E-state index in [1.54, 1.807) is 0 Å². The van der Waals surface area contributed by atoms with Gasteiger partial charge >= 0.3 is 0 Å².